The van der Waals surface area contributed by atoms with Crippen molar-refractivity contribution >= 4 is 0 Å². The van der Waals surface area contributed by atoms with Crippen LogP contribution in [0.15, 0.2) is 0 Å². The van der Waals surface area contributed by atoms with Crippen LogP contribution in [0.3, 0.4) is 0 Å². The monoisotopic (exact) mass is 225 g/mol. The Morgan fingerprint density at radius 2 is 2.06 bits per heavy atom. The lowest BCUT2D eigenvalue weighted by atomic mass is 9.81. The third kappa shape index (κ3) is 2.60. The van der Waals surface area contributed by atoms with Crippen molar-refractivity contribution in [2.75, 3.05) is 6.61 Å². The molecule has 0 spiro atoms. The van der Waals surface area contributed by atoms with Crippen LogP contribution in [0.5, 0.6) is 0 Å². The van der Waals surface area contributed by atoms with Gasteiger partial charge in [-0.25, -0.2) is 0 Å². The number of nitrogens with one attached hydrogen (secondary N) is 1. The van der Waals surface area contributed by atoms with Crippen molar-refractivity contribution < 1.29 is 4.74 Å². The van der Waals surface area contributed by atoms with Gasteiger partial charge in [-0.2, -0.15) is 0 Å². The molecule has 1 saturated carbocycles. The zero-order valence-electron chi connectivity index (χ0n) is 11.0. The summed E-state index contributed by atoms with van der Waals surface area (Å²) in [6, 6.07) is 1.40. The van der Waals surface area contributed by atoms with E-state index < -0.39 is 0 Å². The van der Waals surface area contributed by atoms with Crippen molar-refractivity contribution in [1.29, 1.82) is 0 Å². The van der Waals surface area contributed by atoms with E-state index in [-0.39, 0.29) is 0 Å². The number of fused-ring (bicyclic) bond motifs is 1. The van der Waals surface area contributed by atoms with E-state index >= 15 is 0 Å². The summed E-state index contributed by atoms with van der Waals surface area (Å²) in [4.78, 5) is 0. The van der Waals surface area contributed by atoms with E-state index in [9.17, 15) is 0 Å². The van der Waals surface area contributed by atoms with Gasteiger partial charge in [-0.1, -0.05) is 20.8 Å². The molecule has 2 aliphatic rings. The topological polar surface area (TPSA) is 21.3 Å². The van der Waals surface area contributed by atoms with E-state index in [1.165, 1.54) is 32.1 Å². The molecule has 2 fully saturated rings. The van der Waals surface area contributed by atoms with Crippen LogP contribution in [-0.2, 0) is 4.74 Å². The third-order valence-corrected chi connectivity index (χ3v) is 4.45. The minimum Gasteiger partial charge on any atom is -0.378 e. The number of ether oxygens (including phenoxy) is 1. The molecule has 0 radical (unpaired) electrons. The summed E-state index contributed by atoms with van der Waals surface area (Å²) in [5.41, 5.74) is 0. The lowest BCUT2D eigenvalue weighted by molar-refractivity contribution is 0.0496. The molecule has 0 aromatic carbocycles. The first kappa shape index (κ1) is 12.4. The Morgan fingerprint density at radius 1 is 1.25 bits per heavy atom. The Balaban J connectivity index is 1.92. The van der Waals surface area contributed by atoms with Gasteiger partial charge >= 0.3 is 0 Å². The fourth-order valence-corrected chi connectivity index (χ4v) is 3.44. The lowest BCUT2D eigenvalue weighted by Crippen LogP contribution is -2.48. The summed E-state index contributed by atoms with van der Waals surface area (Å²) < 4.78 is 5.82. The van der Waals surface area contributed by atoms with Gasteiger partial charge in [0.25, 0.3) is 0 Å². The molecule has 2 rings (SSSR count). The van der Waals surface area contributed by atoms with Gasteiger partial charge in [-0.3, -0.25) is 0 Å². The van der Waals surface area contributed by atoms with Crippen LogP contribution < -0.4 is 5.32 Å². The predicted molar refractivity (Wildman–Crippen MR) is 67.5 cm³/mol. The molecule has 1 aliphatic heterocycles. The zero-order valence-corrected chi connectivity index (χ0v) is 11.0. The predicted octanol–water partition coefficient (Wildman–Crippen LogP) is 2.97. The number of hydrogen-bond donors (Lipinski definition) is 1. The molecule has 1 aliphatic carbocycles. The van der Waals surface area contributed by atoms with Crippen LogP contribution in [0, 0.1) is 11.8 Å². The van der Waals surface area contributed by atoms with Crippen molar-refractivity contribution in [2.45, 2.75) is 71.1 Å². The molecule has 4 unspecified atom stereocenters. The second kappa shape index (κ2) is 5.50. The Hall–Kier alpha value is -0.0800. The van der Waals surface area contributed by atoms with E-state index in [1.807, 2.05) is 0 Å². The maximum atomic E-state index is 5.82. The quantitative estimate of drug-likeness (QED) is 0.794. The molecule has 1 N–H and O–H groups in total. The summed E-state index contributed by atoms with van der Waals surface area (Å²) in [7, 11) is 0. The molecule has 16 heavy (non-hydrogen) atoms. The maximum Gasteiger partial charge on any atom is 0.0619 e. The highest BCUT2D eigenvalue weighted by atomic mass is 16.5. The Labute approximate surface area is 100 Å². The van der Waals surface area contributed by atoms with E-state index in [0.29, 0.717) is 18.2 Å². The molecule has 0 amide bonds. The second-order valence-corrected chi connectivity index (χ2v) is 5.82. The van der Waals surface area contributed by atoms with E-state index in [1.54, 1.807) is 0 Å². The Morgan fingerprint density at radius 3 is 2.75 bits per heavy atom. The molecule has 0 bridgehead atoms. The highest BCUT2D eigenvalue weighted by Crippen LogP contribution is 2.34. The normalized spacial score (nSPS) is 36.4. The van der Waals surface area contributed by atoms with Gasteiger partial charge < -0.3 is 10.1 Å². The zero-order chi connectivity index (χ0) is 11.5. The van der Waals surface area contributed by atoms with Crippen LogP contribution in [0.25, 0.3) is 0 Å². The first-order chi connectivity index (χ1) is 7.72. The van der Waals surface area contributed by atoms with Crippen molar-refractivity contribution in [3.05, 3.63) is 0 Å². The molecule has 2 nitrogen and oxygen atoms in total. The number of rotatable bonds is 4. The third-order valence-electron chi connectivity index (χ3n) is 4.45. The van der Waals surface area contributed by atoms with Gasteiger partial charge in [0, 0.05) is 24.6 Å². The van der Waals surface area contributed by atoms with Gasteiger partial charge in [0.05, 0.1) is 6.10 Å². The first-order valence-corrected chi connectivity index (χ1v) is 7.10. The smallest absolute Gasteiger partial charge is 0.0619 e. The van der Waals surface area contributed by atoms with Crippen molar-refractivity contribution in [2.24, 2.45) is 11.8 Å². The fraction of sp³-hybridized carbons (Fsp3) is 1.00. The average molecular weight is 225 g/mol. The largest absolute Gasteiger partial charge is 0.378 e. The summed E-state index contributed by atoms with van der Waals surface area (Å²) in [6.45, 7) is 7.94. The summed E-state index contributed by atoms with van der Waals surface area (Å²) >= 11 is 0. The van der Waals surface area contributed by atoms with Crippen LogP contribution in [-0.4, -0.2) is 24.8 Å². The molecule has 1 heterocycles. The molecule has 94 valence electrons. The van der Waals surface area contributed by atoms with Gasteiger partial charge in [-0.05, 0) is 38.0 Å². The van der Waals surface area contributed by atoms with Gasteiger partial charge in [-0.15, -0.1) is 0 Å². The highest BCUT2D eigenvalue weighted by molar-refractivity contribution is 4.92. The second-order valence-electron chi connectivity index (χ2n) is 5.82. The fourth-order valence-electron chi connectivity index (χ4n) is 3.44. The molecule has 2 heteroatoms. The van der Waals surface area contributed by atoms with Crippen LogP contribution in [0.4, 0.5) is 0 Å². The standard InChI is InChI=1S/C14H27NO/c1-4-12(10(2)3)15-13-6-5-7-14-11(13)8-9-16-14/h10-15H,4-9H2,1-3H3. The average Bonchev–Trinajstić information content (AvgIpc) is 2.73. The molecule has 0 aromatic rings. The van der Waals surface area contributed by atoms with Crippen LogP contribution in [0.1, 0.15) is 52.9 Å². The van der Waals surface area contributed by atoms with E-state index in [4.69, 9.17) is 4.74 Å². The molecular weight excluding hydrogens is 198 g/mol. The minimum absolute atomic E-state index is 0.566. The van der Waals surface area contributed by atoms with Gasteiger partial charge in [0.15, 0.2) is 0 Å². The van der Waals surface area contributed by atoms with Gasteiger partial charge in [0.2, 0.25) is 0 Å². The molecule has 4 atom stereocenters. The van der Waals surface area contributed by atoms with E-state index in [2.05, 4.69) is 26.1 Å². The first-order valence-electron chi connectivity index (χ1n) is 7.10. The Bertz CT molecular complexity index is 217. The molecule has 0 aromatic heterocycles. The van der Waals surface area contributed by atoms with Crippen molar-refractivity contribution in [3.63, 3.8) is 0 Å². The number of hydrogen-bond acceptors (Lipinski definition) is 2. The Kier molecular flexibility index (Phi) is 4.26. The van der Waals surface area contributed by atoms with Crippen LogP contribution in [0.2, 0.25) is 0 Å². The van der Waals surface area contributed by atoms with Crippen molar-refractivity contribution in [1.82, 2.24) is 5.32 Å². The van der Waals surface area contributed by atoms with Crippen molar-refractivity contribution in [3.8, 4) is 0 Å². The molecule has 1 saturated heterocycles. The highest BCUT2D eigenvalue weighted by Gasteiger charge is 2.38. The maximum absolute atomic E-state index is 5.82. The van der Waals surface area contributed by atoms with Gasteiger partial charge in [0.1, 0.15) is 0 Å². The molecular formula is C14H27NO. The SMILES string of the molecule is CCC(NC1CCCC2OCCC12)C(C)C. The van der Waals surface area contributed by atoms with E-state index in [0.717, 1.165) is 18.4 Å². The summed E-state index contributed by atoms with van der Waals surface area (Å²) in [5.74, 6) is 1.54. The summed E-state index contributed by atoms with van der Waals surface area (Å²) in [5, 5.41) is 3.90. The lowest BCUT2D eigenvalue weighted by Gasteiger charge is -2.37. The summed E-state index contributed by atoms with van der Waals surface area (Å²) in [6.07, 6.45) is 7.07. The van der Waals surface area contributed by atoms with Crippen LogP contribution >= 0.6 is 0 Å². The minimum atomic E-state index is 0.566.